The topological polar surface area (TPSA) is 63.4 Å². The van der Waals surface area contributed by atoms with Gasteiger partial charge in [0.2, 0.25) is 10.0 Å². The van der Waals surface area contributed by atoms with Crippen molar-refractivity contribution in [2.45, 2.75) is 38.1 Å². The molecule has 15 heavy (non-hydrogen) atoms. The average molecular weight is 232 g/mol. The molecule has 1 heterocycles. The first kappa shape index (κ1) is 11.4. The zero-order valence-corrected chi connectivity index (χ0v) is 9.88. The second kappa shape index (κ2) is 4.39. The number of hydrogen-bond donors (Lipinski definition) is 1. The smallest absolute Gasteiger partial charge is 0.214 e. The summed E-state index contributed by atoms with van der Waals surface area (Å²) in [6.07, 6.45) is 5.36. The van der Waals surface area contributed by atoms with Crippen molar-refractivity contribution in [1.82, 2.24) is 4.31 Å². The predicted molar refractivity (Wildman–Crippen MR) is 59.9 cm³/mol. The molecule has 1 saturated heterocycles. The molecular weight excluding hydrogens is 212 g/mol. The second-order valence-corrected chi connectivity index (χ2v) is 6.90. The van der Waals surface area contributed by atoms with Crippen LogP contribution in [0, 0.1) is 5.92 Å². The first-order chi connectivity index (χ1) is 7.08. The van der Waals surface area contributed by atoms with Gasteiger partial charge in [-0.3, -0.25) is 0 Å². The lowest BCUT2D eigenvalue weighted by molar-refractivity contribution is 0.305. The van der Waals surface area contributed by atoms with Crippen LogP contribution >= 0.6 is 0 Å². The first-order valence-electron chi connectivity index (χ1n) is 5.81. The van der Waals surface area contributed by atoms with E-state index in [1.807, 2.05) is 0 Å². The van der Waals surface area contributed by atoms with Crippen LogP contribution in [-0.2, 0) is 10.0 Å². The van der Waals surface area contributed by atoms with Gasteiger partial charge in [-0.1, -0.05) is 19.3 Å². The predicted octanol–water partition coefficient (Wildman–Crippen LogP) is 0.539. The summed E-state index contributed by atoms with van der Waals surface area (Å²) >= 11 is 0. The van der Waals surface area contributed by atoms with Crippen LogP contribution in [0.15, 0.2) is 0 Å². The van der Waals surface area contributed by atoms with Crippen molar-refractivity contribution < 1.29 is 8.42 Å². The second-order valence-electron chi connectivity index (χ2n) is 4.81. The van der Waals surface area contributed by atoms with E-state index in [2.05, 4.69) is 0 Å². The van der Waals surface area contributed by atoms with Gasteiger partial charge in [0.25, 0.3) is 0 Å². The van der Waals surface area contributed by atoms with E-state index in [0.717, 1.165) is 12.8 Å². The molecule has 1 unspecified atom stereocenters. The Labute approximate surface area is 91.9 Å². The Bertz CT molecular complexity index is 311. The maximum atomic E-state index is 11.9. The van der Waals surface area contributed by atoms with E-state index in [4.69, 9.17) is 5.73 Å². The molecule has 0 aromatic carbocycles. The zero-order chi connectivity index (χ0) is 10.9. The maximum absolute atomic E-state index is 11.9. The van der Waals surface area contributed by atoms with E-state index >= 15 is 0 Å². The SMILES string of the molecule is NC1CCN(S(=O)(=O)CCC2CCC2)C1. The third-order valence-corrected chi connectivity index (χ3v) is 5.46. The summed E-state index contributed by atoms with van der Waals surface area (Å²) in [5.41, 5.74) is 5.71. The summed E-state index contributed by atoms with van der Waals surface area (Å²) in [4.78, 5) is 0. The normalized spacial score (nSPS) is 29.3. The Balaban J connectivity index is 1.83. The molecule has 0 aromatic heterocycles. The van der Waals surface area contributed by atoms with Gasteiger partial charge in [-0.05, 0) is 18.8 Å². The number of nitrogens with two attached hydrogens (primary N) is 1. The van der Waals surface area contributed by atoms with E-state index in [9.17, 15) is 8.42 Å². The maximum Gasteiger partial charge on any atom is 0.214 e. The van der Waals surface area contributed by atoms with Crippen LogP contribution in [0.3, 0.4) is 0 Å². The molecule has 2 N–H and O–H groups in total. The standard InChI is InChI=1S/C10H20N2O2S/c11-10-4-6-12(8-10)15(13,14)7-5-9-2-1-3-9/h9-10H,1-8,11H2. The van der Waals surface area contributed by atoms with Crippen LogP contribution < -0.4 is 5.73 Å². The average Bonchev–Trinajstić information content (AvgIpc) is 2.49. The molecule has 5 heteroatoms. The van der Waals surface area contributed by atoms with Crippen molar-refractivity contribution in [2.24, 2.45) is 11.7 Å². The molecule has 0 radical (unpaired) electrons. The molecule has 0 bridgehead atoms. The largest absolute Gasteiger partial charge is 0.326 e. The van der Waals surface area contributed by atoms with E-state index in [1.54, 1.807) is 4.31 Å². The third-order valence-electron chi connectivity index (χ3n) is 3.59. The van der Waals surface area contributed by atoms with E-state index in [-0.39, 0.29) is 6.04 Å². The number of sulfonamides is 1. The Hall–Kier alpha value is -0.130. The molecule has 88 valence electrons. The van der Waals surface area contributed by atoms with Gasteiger partial charge in [-0.15, -0.1) is 0 Å². The van der Waals surface area contributed by atoms with Crippen LogP contribution in [0.1, 0.15) is 32.1 Å². The van der Waals surface area contributed by atoms with Gasteiger partial charge in [0.05, 0.1) is 5.75 Å². The minimum Gasteiger partial charge on any atom is -0.326 e. The quantitative estimate of drug-likeness (QED) is 0.769. The fraction of sp³-hybridized carbons (Fsp3) is 1.00. The van der Waals surface area contributed by atoms with Gasteiger partial charge in [0, 0.05) is 19.1 Å². The first-order valence-corrected chi connectivity index (χ1v) is 7.42. The van der Waals surface area contributed by atoms with Crippen LogP contribution in [0.25, 0.3) is 0 Å². The molecule has 2 rings (SSSR count). The van der Waals surface area contributed by atoms with Crippen molar-refractivity contribution in [2.75, 3.05) is 18.8 Å². The molecule has 2 aliphatic rings. The molecule has 0 amide bonds. The highest BCUT2D eigenvalue weighted by molar-refractivity contribution is 7.89. The number of hydrogen-bond acceptors (Lipinski definition) is 3. The summed E-state index contributed by atoms with van der Waals surface area (Å²) in [7, 11) is -3.01. The lowest BCUT2D eigenvalue weighted by atomic mass is 9.84. The summed E-state index contributed by atoms with van der Waals surface area (Å²) in [6.45, 7) is 1.14. The van der Waals surface area contributed by atoms with Crippen molar-refractivity contribution in [3.05, 3.63) is 0 Å². The number of nitrogens with zero attached hydrogens (tertiary/aromatic N) is 1. The van der Waals surface area contributed by atoms with Gasteiger partial charge in [-0.2, -0.15) is 0 Å². The minimum absolute atomic E-state index is 0.0449. The third kappa shape index (κ3) is 2.71. The fourth-order valence-corrected chi connectivity index (χ4v) is 3.92. The Morgan fingerprint density at radius 1 is 1.27 bits per heavy atom. The Morgan fingerprint density at radius 3 is 2.47 bits per heavy atom. The highest BCUT2D eigenvalue weighted by Crippen LogP contribution is 2.30. The fourth-order valence-electron chi connectivity index (χ4n) is 2.23. The molecule has 1 saturated carbocycles. The summed E-state index contributed by atoms with van der Waals surface area (Å²) in [5, 5.41) is 0. The lowest BCUT2D eigenvalue weighted by Gasteiger charge is -2.26. The van der Waals surface area contributed by atoms with Gasteiger partial charge in [0.1, 0.15) is 0 Å². The summed E-state index contributed by atoms with van der Waals surface area (Å²) in [6, 6.07) is 0.0449. The Morgan fingerprint density at radius 2 is 2.00 bits per heavy atom. The van der Waals surface area contributed by atoms with Crippen molar-refractivity contribution in [3.63, 3.8) is 0 Å². The number of rotatable bonds is 4. The van der Waals surface area contributed by atoms with Crippen molar-refractivity contribution in [3.8, 4) is 0 Å². The van der Waals surface area contributed by atoms with Gasteiger partial charge >= 0.3 is 0 Å². The molecule has 2 fully saturated rings. The lowest BCUT2D eigenvalue weighted by Crippen LogP contribution is -2.34. The van der Waals surface area contributed by atoms with E-state index in [1.165, 1.54) is 19.3 Å². The summed E-state index contributed by atoms with van der Waals surface area (Å²) < 4.78 is 25.4. The van der Waals surface area contributed by atoms with Gasteiger partial charge < -0.3 is 5.73 Å². The molecule has 4 nitrogen and oxygen atoms in total. The molecule has 1 atom stereocenters. The molecule has 0 aromatic rings. The zero-order valence-electron chi connectivity index (χ0n) is 9.06. The molecular formula is C10H20N2O2S. The van der Waals surface area contributed by atoms with Gasteiger partial charge in [-0.25, -0.2) is 12.7 Å². The summed E-state index contributed by atoms with van der Waals surface area (Å²) in [5.74, 6) is 0.987. The van der Waals surface area contributed by atoms with Crippen molar-refractivity contribution in [1.29, 1.82) is 0 Å². The van der Waals surface area contributed by atoms with Crippen LogP contribution in [0.5, 0.6) is 0 Å². The van der Waals surface area contributed by atoms with Crippen molar-refractivity contribution >= 4 is 10.0 Å². The van der Waals surface area contributed by atoms with E-state index in [0.29, 0.717) is 24.8 Å². The van der Waals surface area contributed by atoms with Crippen LogP contribution in [0.2, 0.25) is 0 Å². The van der Waals surface area contributed by atoms with Crippen LogP contribution in [0.4, 0.5) is 0 Å². The van der Waals surface area contributed by atoms with Crippen LogP contribution in [-0.4, -0.2) is 37.6 Å². The monoisotopic (exact) mass is 232 g/mol. The highest BCUT2D eigenvalue weighted by Gasteiger charge is 2.30. The molecule has 0 spiro atoms. The highest BCUT2D eigenvalue weighted by atomic mass is 32.2. The van der Waals surface area contributed by atoms with Gasteiger partial charge in [0.15, 0.2) is 0 Å². The molecule has 1 aliphatic heterocycles. The minimum atomic E-state index is -3.01. The molecule has 1 aliphatic carbocycles. The Kier molecular flexibility index (Phi) is 3.33. The van der Waals surface area contributed by atoms with E-state index < -0.39 is 10.0 Å².